The van der Waals surface area contributed by atoms with E-state index in [0.717, 1.165) is 44.9 Å². The Morgan fingerprint density at radius 1 is 0.477 bits per heavy atom. The van der Waals surface area contributed by atoms with E-state index >= 15 is 0 Å². The van der Waals surface area contributed by atoms with Gasteiger partial charge >= 0.3 is 11.9 Å². The molecule has 8 heteroatoms. The Morgan fingerprint density at radius 2 is 0.862 bits per heavy atom. The van der Waals surface area contributed by atoms with Gasteiger partial charge in [0.2, 0.25) is 0 Å². The predicted octanol–water partition coefficient (Wildman–Crippen LogP) is 13.9. The van der Waals surface area contributed by atoms with Crippen LogP contribution in [0.1, 0.15) is 206 Å². The number of quaternary nitrogens is 1. The molecule has 0 amide bonds. The number of ether oxygens (including phenoxy) is 3. The SMILES string of the molecule is CC/C=C/C=C/C=C/C=C/C=C/C=C/C=C/CCCCCC(=O)OC(COCCC(C(=O)[O-])[N+](C)(C)C)COC(=O)CCCCCCCCCCCCCCCCCCCCCCCC. The average molecular weight is 908 g/mol. The van der Waals surface area contributed by atoms with E-state index in [1.54, 1.807) is 21.1 Å². The van der Waals surface area contributed by atoms with Crippen LogP contribution in [0.2, 0.25) is 0 Å². The molecule has 0 aliphatic carbocycles. The topological polar surface area (TPSA) is 102 Å². The molecule has 0 fully saturated rings. The van der Waals surface area contributed by atoms with E-state index in [2.05, 4.69) is 26.0 Å². The summed E-state index contributed by atoms with van der Waals surface area (Å²) in [6.07, 6.45) is 61.9. The lowest BCUT2D eigenvalue weighted by molar-refractivity contribution is -0.889. The van der Waals surface area contributed by atoms with Gasteiger partial charge in [-0.25, -0.2) is 0 Å². The monoisotopic (exact) mass is 908 g/mol. The maximum Gasteiger partial charge on any atom is 0.306 e. The Labute approximate surface area is 399 Å². The molecule has 2 atom stereocenters. The van der Waals surface area contributed by atoms with Crippen molar-refractivity contribution in [2.24, 2.45) is 0 Å². The number of carbonyl (C=O) groups excluding carboxylic acids is 3. The molecule has 0 spiro atoms. The quantitative estimate of drug-likeness (QED) is 0.0259. The molecular formula is C57H97NO7. The molecule has 0 N–H and O–H groups in total. The minimum Gasteiger partial charge on any atom is -0.544 e. The lowest BCUT2D eigenvalue weighted by atomic mass is 10.0. The highest BCUT2D eigenvalue weighted by Crippen LogP contribution is 2.16. The number of rotatable bonds is 46. The number of hydrogen-bond acceptors (Lipinski definition) is 7. The van der Waals surface area contributed by atoms with Crippen molar-refractivity contribution in [3.8, 4) is 0 Å². The number of nitrogens with zero attached hydrogens (tertiary/aromatic N) is 1. The van der Waals surface area contributed by atoms with Gasteiger partial charge in [0.25, 0.3) is 0 Å². The molecule has 0 aromatic heterocycles. The normalized spacial score (nSPS) is 13.6. The van der Waals surface area contributed by atoms with Gasteiger partial charge in [0.1, 0.15) is 12.6 Å². The first-order chi connectivity index (χ1) is 31.6. The third-order valence-corrected chi connectivity index (χ3v) is 11.5. The van der Waals surface area contributed by atoms with Gasteiger partial charge in [-0.3, -0.25) is 9.59 Å². The standard InChI is InChI=1S/C57H97NO7/c1-6-8-10-12-14-16-18-20-22-24-26-27-28-30-31-33-35-37-39-41-43-45-47-55(59)64-52-53(51-63-50-49-54(57(61)62)58(3,4)5)65-56(60)48-46-44-42-40-38-36-34-32-29-25-23-21-19-17-15-13-11-9-7-2/h9,11,13,15,17,19,21,23,25,29,32,34,36,38,53-54H,6-8,10,12,14,16,18,20,22,24,26-28,30-31,33,35,37,39-52H2,1-5H3/b11-9+,15-13+,19-17+,23-21+,29-25+,34-32+,38-36+. The van der Waals surface area contributed by atoms with Crippen LogP contribution < -0.4 is 5.11 Å². The van der Waals surface area contributed by atoms with E-state index in [-0.39, 0.29) is 49.1 Å². The van der Waals surface area contributed by atoms with Gasteiger partial charge in [-0.2, -0.15) is 0 Å². The molecule has 2 unspecified atom stereocenters. The molecule has 0 aromatic rings. The summed E-state index contributed by atoms with van der Waals surface area (Å²) in [6, 6.07) is -0.739. The van der Waals surface area contributed by atoms with Crippen molar-refractivity contribution >= 4 is 17.9 Å². The van der Waals surface area contributed by atoms with Crippen LogP contribution in [0.5, 0.6) is 0 Å². The zero-order chi connectivity index (χ0) is 47.7. The van der Waals surface area contributed by atoms with E-state index in [1.807, 2.05) is 72.9 Å². The fourth-order valence-electron chi connectivity index (χ4n) is 7.47. The number of hydrogen-bond donors (Lipinski definition) is 0. The van der Waals surface area contributed by atoms with Gasteiger partial charge in [0, 0.05) is 19.3 Å². The van der Waals surface area contributed by atoms with Crippen molar-refractivity contribution < 1.29 is 38.2 Å². The molecule has 0 saturated carbocycles. The molecular weight excluding hydrogens is 811 g/mol. The van der Waals surface area contributed by atoms with Gasteiger partial charge in [0.15, 0.2) is 6.10 Å². The van der Waals surface area contributed by atoms with Crippen LogP contribution >= 0.6 is 0 Å². The molecule has 0 aliphatic rings. The van der Waals surface area contributed by atoms with Gasteiger partial charge in [-0.05, 0) is 32.1 Å². The molecule has 0 aliphatic heterocycles. The predicted molar refractivity (Wildman–Crippen MR) is 272 cm³/mol. The van der Waals surface area contributed by atoms with Crippen LogP contribution in [-0.2, 0) is 28.6 Å². The van der Waals surface area contributed by atoms with E-state index in [0.29, 0.717) is 12.8 Å². The summed E-state index contributed by atoms with van der Waals surface area (Å²) in [6.45, 7) is 4.48. The van der Waals surface area contributed by atoms with Gasteiger partial charge in [0.05, 0.1) is 40.3 Å². The Morgan fingerprint density at radius 3 is 1.28 bits per heavy atom. The number of esters is 2. The lowest BCUT2D eigenvalue weighted by Gasteiger charge is -2.34. The second kappa shape index (κ2) is 47.0. The first kappa shape index (κ1) is 61.5. The van der Waals surface area contributed by atoms with E-state index < -0.39 is 18.1 Å². The van der Waals surface area contributed by atoms with Gasteiger partial charge in [-0.15, -0.1) is 0 Å². The van der Waals surface area contributed by atoms with Crippen LogP contribution in [-0.4, -0.2) is 75.5 Å². The molecule has 8 nitrogen and oxygen atoms in total. The summed E-state index contributed by atoms with van der Waals surface area (Å²) in [5.74, 6) is -1.79. The third-order valence-electron chi connectivity index (χ3n) is 11.5. The molecule has 372 valence electrons. The highest BCUT2D eigenvalue weighted by atomic mass is 16.6. The third kappa shape index (κ3) is 45.5. The minimum atomic E-state index is -1.13. The van der Waals surface area contributed by atoms with Crippen molar-refractivity contribution in [3.05, 3.63) is 85.1 Å². The second-order valence-electron chi connectivity index (χ2n) is 18.6. The first-order valence-corrected chi connectivity index (χ1v) is 26.2. The number of carboxylic acids is 1. The maximum atomic E-state index is 12.8. The molecule has 0 aromatic carbocycles. The number of allylic oxidation sites excluding steroid dienone is 14. The number of aliphatic carboxylic acids is 1. The lowest BCUT2D eigenvalue weighted by Crippen LogP contribution is -2.55. The fourth-order valence-corrected chi connectivity index (χ4v) is 7.47. The summed E-state index contributed by atoms with van der Waals surface area (Å²) in [4.78, 5) is 37.0. The zero-order valence-electron chi connectivity index (χ0n) is 42.4. The number of carboxylic acid groups (broad SMARTS) is 1. The highest BCUT2D eigenvalue weighted by Gasteiger charge is 2.25. The van der Waals surface area contributed by atoms with E-state index in [9.17, 15) is 19.5 Å². The molecule has 0 saturated heterocycles. The summed E-state index contributed by atoms with van der Waals surface area (Å²) in [5.41, 5.74) is 0. The number of carbonyl (C=O) groups is 3. The summed E-state index contributed by atoms with van der Waals surface area (Å²) < 4.78 is 17.2. The highest BCUT2D eigenvalue weighted by molar-refractivity contribution is 5.70. The first-order valence-electron chi connectivity index (χ1n) is 26.2. The Hall–Kier alpha value is -3.49. The summed E-state index contributed by atoms with van der Waals surface area (Å²) in [5, 5.41) is 11.7. The molecule has 65 heavy (non-hydrogen) atoms. The maximum absolute atomic E-state index is 12.8. The largest absolute Gasteiger partial charge is 0.544 e. The van der Waals surface area contributed by atoms with E-state index in [4.69, 9.17) is 14.2 Å². The van der Waals surface area contributed by atoms with Crippen molar-refractivity contribution in [2.75, 3.05) is 41.0 Å². The number of unbranched alkanes of at least 4 members (excludes halogenated alkanes) is 24. The molecule has 0 radical (unpaired) electrons. The molecule has 0 rings (SSSR count). The smallest absolute Gasteiger partial charge is 0.306 e. The van der Waals surface area contributed by atoms with Crippen molar-refractivity contribution in [1.29, 1.82) is 0 Å². The summed E-state index contributed by atoms with van der Waals surface area (Å²) >= 11 is 0. The van der Waals surface area contributed by atoms with Crippen molar-refractivity contribution in [2.45, 2.75) is 219 Å². The Kier molecular flexibility index (Phi) is 44.5. The minimum absolute atomic E-state index is 0.0188. The fraction of sp³-hybridized carbons (Fsp3) is 0.702. The summed E-state index contributed by atoms with van der Waals surface area (Å²) in [7, 11) is 5.39. The Bertz CT molecular complexity index is 1330. The van der Waals surface area contributed by atoms with Crippen LogP contribution in [0.25, 0.3) is 0 Å². The van der Waals surface area contributed by atoms with Crippen LogP contribution in [0.15, 0.2) is 85.1 Å². The van der Waals surface area contributed by atoms with Crippen LogP contribution in [0.3, 0.4) is 0 Å². The van der Waals surface area contributed by atoms with Crippen LogP contribution in [0.4, 0.5) is 0 Å². The Balaban J connectivity index is 4.30. The van der Waals surface area contributed by atoms with Crippen molar-refractivity contribution in [1.82, 2.24) is 0 Å². The van der Waals surface area contributed by atoms with Gasteiger partial charge < -0.3 is 28.6 Å². The molecule has 0 bridgehead atoms. The van der Waals surface area contributed by atoms with Gasteiger partial charge in [-0.1, -0.05) is 240 Å². The molecule has 0 heterocycles. The average Bonchev–Trinajstić information content (AvgIpc) is 3.27. The van der Waals surface area contributed by atoms with E-state index in [1.165, 1.54) is 122 Å². The number of likely N-dealkylation sites (N-methyl/N-ethyl adjacent to an activating group) is 1. The van der Waals surface area contributed by atoms with Crippen molar-refractivity contribution in [3.63, 3.8) is 0 Å². The zero-order valence-corrected chi connectivity index (χ0v) is 42.4. The second-order valence-corrected chi connectivity index (χ2v) is 18.6. The van der Waals surface area contributed by atoms with Crippen LogP contribution in [0, 0.1) is 0 Å².